The van der Waals surface area contributed by atoms with Crippen LogP contribution in [-0.4, -0.2) is 42.1 Å². The number of aromatic nitrogens is 1. The van der Waals surface area contributed by atoms with E-state index in [1.807, 2.05) is 10.3 Å². The topological polar surface area (TPSA) is 62.3 Å². The van der Waals surface area contributed by atoms with Gasteiger partial charge in [0.2, 0.25) is 0 Å². The molecule has 2 aromatic rings. The van der Waals surface area contributed by atoms with Gasteiger partial charge >= 0.3 is 0 Å². The van der Waals surface area contributed by atoms with E-state index < -0.39 is 9.84 Å². The zero-order chi connectivity index (χ0) is 17.8. The predicted octanol–water partition coefficient (Wildman–Crippen LogP) is 2.79. The summed E-state index contributed by atoms with van der Waals surface area (Å²) >= 11 is 6.91. The van der Waals surface area contributed by atoms with Crippen molar-refractivity contribution >= 4 is 43.6 Å². The fraction of sp³-hybridized carbons (Fsp3) is 0.412. The first-order chi connectivity index (χ1) is 11.8. The summed E-state index contributed by atoms with van der Waals surface area (Å²) in [7, 11) is -3.02. The number of thiazole rings is 1. The Bertz CT molecular complexity index is 919. The van der Waals surface area contributed by atoms with E-state index in [0.717, 1.165) is 16.4 Å². The molecule has 8 heteroatoms. The van der Waals surface area contributed by atoms with Crippen LogP contribution in [-0.2, 0) is 9.84 Å². The second kappa shape index (κ2) is 6.03. The van der Waals surface area contributed by atoms with Gasteiger partial charge < -0.3 is 5.32 Å². The zero-order valence-corrected chi connectivity index (χ0v) is 16.4. The number of benzene rings is 1. The van der Waals surface area contributed by atoms with Crippen LogP contribution in [0, 0.1) is 0 Å². The Hall–Kier alpha value is -1.51. The van der Waals surface area contributed by atoms with E-state index in [-0.39, 0.29) is 23.6 Å². The van der Waals surface area contributed by atoms with Gasteiger partial charge in [-0.05, 0) is 23.7 Å². The van der Waals surface area contributed by atoms with E-state index in [4.69, 9.17) is 17.2 Å². The quantitative estimate of drug-likeness (QED) is 0.809. The molecule has 0 unspecified atom stereocenters. The number of hydrogen-bond donors (Lipinski definition) is 1. The normalized spacial score (nSPS) is 24.6. The van der Waals surface area contributed by atoms with Crippen LogP contribution in [0.3, 0.4) is 0 Å². The maximum absolute atomic E-state index is 11.9. The third-order valence-corrected chi connectivity index (χ3v) is 7.62. The molecule has 0 saturated carbocycles. The van der Waals surface area contributed by atoms with Gasteiger partial charge in [0.1, 0.15) is 0 Å². The number of hydrogen-bond acceptors (Lipinski definition) is 5. The van der Waals surface area contributed by atoms with Crippen molar-refractivity contribution < 1.29 is 8.42 Å². The third kappa shape index (κ3) is 3.07. The molecule has 3 heterocycles. The lowest BCUT2D eigenvalue weighted by Crippen LogP contribution is -2.36. The Morgan fingerprint density at radius 1 is 1.28 bits per heavy atom. The summed E-state index contributed by atoms with van der Waals surface area (Å²) in [6.07, 6.45) is 0. The lowest BCUT2D eigenvalue weighted by Gasteiger charge is -2.19. The summed E-state index contributed by atoms with van der Waals surface area (Å²) < 4.78 is 23.8. The molecule has 0 aliphatic carbocycles. The molecule has 0 bridgehead atoms. The lowest BCUT2D eigenvalue weighted by molar-refractivity contribution is 0.600. The van der Waals surface area contributed by atoms with E-state index in [2.05, 4.69) is 43.4 Å². The number of sulfone groups is 1. The van der Waals surface area contributed by atoms with E-state index in [1.54, 1.807) is 0 Å². The number of thiocarbonyl (C=S) groups is 1. The van der Waals surface area contributed by atoms with E-state index in [9.17, 15) is 8.42 Å². The summed E-state index contributed by atoms with van der Waals surface area (Å²) in [6.45, 7) is 4.34. The molecule has 5 nitrogen and oxygen atoms in total. The molecule has 2 aliphatic heterocycles. The molecule has 4 rings (SSSR count). The lowest BCUT2D eigenvalue weighted by atomic mass is 10.0. The Labute approximate surface area is 157 Å². The van der Waals surface area contributed by atoms with Gasteiger partial charge in [-0.2, -0.15) is 0 Å². The van der Waals surface area contributed by atoms with Crippen molar-refractivity contribution in [1.82, 2.24) is 10.3 Å². The van der Waals surface area contributed by atoms with Gasteiger partial charge in [-0.25, -0.2) is 13.4 Å². The molecule has 2 aliphatic rings. The van der Waals surface area contributed by atoms with Gasteiger partial charge in [0.15, 0.2) is 20.1 Å². The molecule has 1 aromatic heterocycles. The molecule has 2 fully saturated rings. The first-order valence-electron chi connectivity index (χ1n) is 8.20. The van der Waals surface area contributed by atoms with E-state index >= 15 is 0 Å². The SMILES string of the molecule is CC(C)c1ccc(-c2csc(N3C(=S)N[C@H]4CS(=O)(=O)C[C@H]43)n2)cc1. The van der Waals surface area contributed by atoms with Crippen LogP contribution < -0.4 is 10.2 Å². The minimum absolute atomic E-state index is 0.128. The number of rotatable bonds is 3. The van der Waals surface area contributed by atoms with Gasteiger partial charge in [-0.3, -0.25) is 4.90 Å². The smallest absolute Gasteiger partial charge is 0.192 e. The highest BCUT2D eigenvalue weighted by atomic mass is 32.2. The summed E-state index contributed by atoms with van der Waals surface area (Å²) in [5, 5.41) is 6.46. The van der Waals surface area contributed by atoms with Crippen molar-refractivity contribution in [2.75, 3.05) is 16.4 Å². The fourth-order valence-electron chi connectivity index (χ4n) is 3.38. The van der Waals surface area contributed by atoms with Crippen molar-refractivity contribution in [1.29, 1.82) is 0 Å². The molecule has 0 radical (unpaired) electrons. The first-order valence-corrected chi connectivity index (χ1v) is 11.3. The van der Waals surface area contributed by atoms with Crippen molar-refractivity contribution in [2.45, 2.75) is 31.8 Å². The Morgan fingerprint density at radius 2 is 2.00 bits per heavy atom. The van der Waals surface area contributed by atoms with Crippen LogP contribution in [0.5, 0.6) is 0 Å². The Kier molecular flexibility index (Phi) is 4.09. The van der Waals surface area contributed by atoms with Crippen LogP contribution in [0.15, 0.2) is 29.6 Å². The van der Waals surface area contributed by atoms with Crippen LogP contribution in [0.4, 0.5) is 5.13 Å². The standard InChI is InChI=1S/C17H19N3O2S3/c1-10(2)11-3-5-12(6-4-11)13-7-24-17(19-13)20-15-9-25(21,22)8-14(15)18-16(20)23/h3-7,10,14-15H,8-9H2,1-2H3,(H,18,23)/t14-,15+/m0/s1. The largest absolute Gasteiger partial charge is 0.356 e. The molecule has 1 N–H and O–H groups in total. The van der Waals surface area contributed by atoms with Crippen LogP contribution in [0.1, 0.15) is 25.3 Å². The third-order valence-electron chi connectivity index (χ3n) is 4.75. The molecule has 2 saturated heterocycles. The molecule has 25 heavy (non-hydrogen) atoms. The average Bonchev–Trinajstić information content (AvgIpc) is 3.19. The fourth-order valence-corrected chi connectivity index (χ4v) is 6.59. The van der Waals surface area contributed by atoms with Gasteiger partial charge in [-0.15, -0.1) is 11.3 Å². The molecule has 1 aromatic carbocycles. The molecule has 0 spiro atoms. The summed E-state index contributed by atoms with van der Waals surface area (Å²) in [4.78, 5) is 6.59. The molecule has 2 atom stereocenters. The summed E-state index contributed by atoms with van der Waals surface area (Å²) in [5.74, 6) is 0.765. The monoisotopic (exact) mass is 393 g/mol. The van der Waals surface area contributed by atoms with E-state index in [0.29, 0.717) is 11.0 Å². The van der Waals surface area contributed by atoms with Crippen molar-refractivity contribution in [3.63, 3.8) is 0 Å². The number of anilines is 1. The molecule has 132 valence electrons. The maximum atomic E-state index is 11.9. The highest BCUT2D eigenvalue weighted by Gasteiger charge is 2.48. The Morgan fingerprint density at radius 3 is 2.68 bits per heavy atom. The van der Waals surface area contributed by atoms with Crippen molar-refractivity contribution in [3.05, 3.63) is 35.2 Å². The Balaban J connectivity index is 1.62. The van der Waals surface area contributed by atoms with Gasteiger partial charge in [0, 0.05) is 10.9 Å². The highest BCUT2D eigenvalue weighted by Crippen LogP contribution is 2.34. The first kappa shape index (κ1) is 16.9. The van der Waals surface area contributed by atoms with Crippen LogP contribution in [0.2, 0.25) is 0 Å². The maximum Gasteiger partial charge on any atom is 0.192 e. The van der Waals surface area contributed by atoms with Crippen LogP contribution >= 0.6 is 23.6 Å². The number of fused-ring (bicyclic) bond motifs is 1. The highest BCUT2D eigenvalue weighted by molar-refractivity contribution is 7.91. The summed E-state index contributed by atoms with van der Waals surface area (Å²) in [6, 6.07) is 8.13. The van der Waals surface area contributed by atoms with Gasteiger partial charge in [0.25, 0.3) is 0 Å². The number of nitrogens with zero attached hydrogens (tertiary/aromatic N) is 2. The zero-order valence-electron chi connectivity index (χ0n) is 14.0. The molecule has 0 amide bonds. The van der Waals surface area contributed by atoms with Gasteiger partial charge in [-0.1, -0.05) is 38.1 Å². The van der Waals surface area contributed by atoms with E-state index in [1.165, 1.54) is 16.9 Å². The molecular formula is C17H19N3O2S3. The average molecular weight is 394 g/mol. The molecular weight excluding hydrogens is 374 g/mol. The second-order valence-electron chi connectivity index (χ2n) is 6.86. The minimum atomic E-state index is -3.02. The van der Waals surface area contributed by atoms with Crippen molar-refractivity contribution in [2.24, 2.45) is 0 Å². The predicted molar refractivity (Wildman–Crippen MR) is 106 cm³/mol. The summed E-state index contributed by atoms with van der Waals surface area (Å²) in [5.41, 5.74) is 3.24. The second-order valence-corrected chi connectivity index (χ2v) is 10.2. The van der Waals surface area contributed by atoms with Crippen molar-refractivity contribution in [3.8, 4) is 11.3 Å². The van der Waals surface area contributed by atoms with Gasteiger partial charge in [0.05, 0.1) is 29.3 Å². The minimum Gasteiger partial charge on any atom is -0.356 e. The van der Waals surface area contributed by atoms with Crippen LogP contribution in [0.25, 0.3) is 11.3 Å². The number of nitrogens with one attached hydrogen (secondary N) is 1.